The molecule has 0 radical (unpaired) electrons. The van der Waals surface area contributed by atoms with Gasteiger partial charge in [0.05, 0.1) is 62.6 Å². The molecule has 3 aromatic heterocycles. The van der Waals surface area contributed by atoms with Gasteiger partial charge in [-0.2, -0.15) is 0 Å². The Kier molecular flexibility index (Phi) is 26.6. The Morgan fingerprint density at radius 3 is 1.05 bits per heavy atom. The number of halogens is 9. The quantitative estimate of drug-likeness (QED) is 0.0370. The lowest BCUT2D eigenvalue weighted by atomic mass is 10.1. The molecule has 0 spiro atoms. The molecule has 38 heteroatoms. The zero-order chi connectivity index (χ0) is 82.0. The van der Waals surface area contributed by atoms with Gasteiger partial charge in [-0.1, -0.05) is 53.0 Å². The van der Waals surface area contributed by atoms with Crippen LogP contribution >= 0.6 is 34.8 Å². The predicted molar refractivity (Wildman–Crippen MR) is 389 cm³/mol. The zero-order valence-corrected chi connectivity index (χ0v) is 62.1. The largest absolute Gasteiger partial charge is 0.471 e. The first-order valence-electron chi connectivity index (χ1n) is 33.6. The summed E-state index contributed by atoms with van der Waals surface area (Å²) in [5.74, 6) is -10.3. The Bertz CT molecular complexity index is 5520. The monoisotopic (exact) mass is 1620 g/mol. The second-order valence-electron chi connectivity index (χ2n) is 25.2. The van der Waals surface area contributed by atoms with E-state index in [1.807, 2.05) is 0 Å². The van der Waals surface area contributed by atoms with Crippen LogP contribution in [0.5, 0.6) is 17.6 Å². The number of hydrogen-bond acceptors (Lipinski definition) is 20. The highest BCUT2D eigenvalue weighted by atomic mass is 35.5. The van der Waals surface area contributed by atoms with Crippen LogP contribution in [0.4, 0.5) is 26.3 Å². The summed E-state index contributed by atoms with van der Waals surface area (Å²) in [5, 5.41) is 15.4. The lowest BCUT2D eigenvalue weighted by molar-refractivity contribution is -0.140. The third kappa shape index (κ3) is 19.1. The number of aryl methyl sites for hydroxylation is 3. The molecule has 29 nitrogen and oxygen atoms in total. The van der Waals surface area contributed by atoms with Crippen molar-refractivity contribution in [3.8, 4) is 34.7 Å². The summed E-state index contributed by atoms with van der Waals surface area (Å²) < 4.78 is 105. The van der Waals surface area contributed by atoms with Gasteiger partial charge in [0.15, 0.2) is 15.1 Å². The Hall–Kier alpha value is -12.4. The first-order valence-corrected chi connectivity index (χ1v) is 34.8. The van der Waals surface area contributed by atoms with Crippen molar-refractivity contribution in [1.82, 2.24) is 59.3 Å². The number of nitrogens with one attached hydrogen (secondary N) is 3. The van der Waals surface area contributed by atoms with E-state index in [4.69, 9.17) is 58.9 Å². The van der Waals surface area contributed by atoms with Crippen LogP contribution in [0.1, 0.15) is 83.7 Å². The molecule has 0 unspecified atom stereocenters. The minimum absolute atomic E-state index is 0.0323. The van der Waals surface area contributed by atoms with Gasteiger partial charge in [0.25, 0.3) is 52.1 Å². The minimum atomic E-state index is -1.08. The van der Waals surface area contributed by atoms with Crippen LogP contribution in [-0.2, 0) is 53.3 Å². The van der Waals surface area contributed by atoms with Crippen LogP contribution < -0.4 is 46.8 Å². The molecule has 3 saturated heterocycles. The number of aliphatic hydroxyl groups excluding tert-OH is 1. The van der Waals surface area contributed by atoms with Gasteiger partial charge >= 0.3 is 0 Å². The smallest absolute Gasteiger partial charge is 0.280 e. The first-order chi connectivity index (χ1) is 53.8. The average Bonchev–Trinajstić information content (AvgIpc) is 1.66. The highest BCUT2D eigenvalue weighted by molar-refractivity contribution is 6.32. The highest BCUT2D eigenvalue weighted by Gasteiger charge is 2.41. The van der Waals surface area contributed by atoms with Gasteiger partial charge in [-0.3, -0.25) is 85.9 Å². The number of aliphatic hydroxyl groups is 1. The van der Waals surface area contributed by atoms with E-state index >= 15 is 0 Å². The van der Waals surface area contributed by atoms with E-state index in [1.54, 1.807) is 39.0 Å². The molecular weight excluding hydrogens is 1560 g/mol. The normalized spacial score (nSPS) is 15.2. The minimum Gasteiger partial charge on any atom is -0.471 e. The van der Waals surface area contributed by atoms with Crippen molar-refractivity contribution in [3.63, 3.8) is 0 Å². The van der Waals surface area contributed by atoms with Gasteiger partial charge in [0.2, 0.25) is 35.4 Å². The van der Waals surface area contributed by atoms with Crippen LogP contribution in [0, 0.1) is 55.7 Å². The van der Waals surface area contributed by atoms with Crippen LogP contribution in [0.3, 0.4) is 0 Å². The highest BCUT2D eigenvalue weighted by Crippen LogP contribution is 2.28. The van der Waals surface area contributed by atoms with E-state index in [0.29, 0.717) is 40.6 Å². The van der Waals surface area contributed by atoms with E-state index in [2.05, 4.69) is 30.9 Å². The molecule has 12 rings (SSSR count). The number of nitrogens with zero attached hydrogens (tertiary/aromatic N) is 9. The number of hydrogen-bond donors (Lipinski definition) is 4. The van der Waals surface area contributed by atoms with Gasteiger partial charge in [-0.05, 0) is 110 Å². The van der Waals surface area contributed by atoms with Gasteiger partial charge in [0, 0.05) is 65.7 Å². The van der Waals surface area contributed by atoms with Crippen LogP contribution in [-0.4, -0.2) is 160 Å². The number of likely N-dealkylation sites (N-methyl/N-ethyl adjacent to an activating group) is 1. The van der Waals surface area contributed by atoms with E-state index in [9.17, 15) is 83.9 Å². The summed E-state index contributed by atoms with van der Waals surface area (Å²) in [4.78, 5) is 165. The summed E-state index contributed by atoms with van der Waals surface area (Å²) in [6.45, 7) is 3.77. The zero-order valence-electron chi connectivity index (χ0n) is 59.8. The molecule has 9 aromatic rings. The molecule has 588 valence electrons. The Balaban J connectivity index is 0.000000180. The number of β-amino-alcohol motifs (C(OH)–C–C–N with tert-alkyl or cyclic N) is 1. The second-order valence-corrected chi connectivity index (χ2v) is 26.3. The molecule has 3 atom stereocenters. The molecule has 113 heavy (non-hydrogen) atoms. The number of likely N-dealkylation sites (tertiary alicyclic amines) is 3. The SMILES string of the molecule is COCCN1C(=O)C[C@@H](NC(=O)c2ccc(C)c(-n3cnc(OCc4ccc(F)cc4F)c(Cl)c3=O)c2)C1=O.Cc1ccc(C(=O)N[C@@H]2CC(=O)N(C)C2=O)cc1-n1cnc(OCc2ccc(F)cc2F)c(Cl)c1=O.Cc1ccc(C(=O)N[C@@H]2CC(=O)N(CCO)C2=O)cc1-n1cnc(OCc2ccc(F)cc2F)c(Cl)c1=O. The Morgan fingerprint density at radius 1 is 0.451 bits per heavy atom. The molecule has 0 bridgehead atoms. The molecule has 0 saturated carbocycles. The fourth-order valence-electron chi connectivity index (χ4n) is 11.4. The number of carbonyl (C=O) groups is 9. The standard InChI is InChI=1S/C26H23ClF2N4O6.C25H21ClF2N4O6.C24H19ClF2N4O5/c1-14-3-4-15(23(35)31-19-11-21(34)32(25(19)36)7-8-38-2)9-20(14)33-13-30-24(22(27)26(33)37)39-12-16-5-6-17(28)10-18(16)29;1-13-2-3-14(22(35)30-18-10-20(34)31(6-7-33)24(18)36)8-19(13)32-12-29-23(21(26)25(32)37)38-11-15-4-5-16(27)9-17(15)28;1-12-3-4-13(21(33)29-17-9-19(32)30(2)23(17)34)7-18(12)31-11-28-22(20(25)24(31)35)36-10-14-5-6-15(26)8-16(14)27/h3-6,9-10,13,19H,7-8,11-12H2,1-2H3,(H,31,35);2-5,8-9,12,18,33H,6-7,10-11H2,1H3,(H,30,35);3-8,11,17H,9-10H2,1-2H3,(H,29,33)/t19-;18-;17-/m111/s1. The number of ether oxygens (including phenoxy) is 4. The summed E-state index contributed by atoms with van der Waals surface area (Å²) >= 11 is 18.5. The maximum absolute atomic E-state index is 13.9. The van der Waals surface area contributed by atoms with Crippen LogP contribution in [0.2, 0.25) is 15.1 Å². The lowest BCUT2D eigenvalue weighted by Gasteiger charge is -2.16. The average molecular weight is 1620 g/mol. The number of methoxy groups -OCH3 is 1. The molecule has 6 aromatic carbocycles. The third-order valence-corrected chi connectivity index (χ3v) is 18.6. The molecule has 9 amide bonds. The fraction of sp³-hybridized carbons (Fsp3) is 0.240. The third-order valence-electron chi connectivity index (χ3n) is 17.6. The molecule has 4 N–H and O–H groups in total. The first kappa shape index (κ1) is 83.0. The molecule has 6 heterocycles. The molecule has 3 fully saturated rings. The number of imide groups is 3. The van der Waals surface area contributed by atoms with Crippen molar-refractivity contribution in [3.05, 3.63) is 259 Å². The topological polar surface area (TPSA) is 361 Å². The Labute approximate surface area is 650 Å². The fourth-order valence-corrected chi connectivity index (χ4v) is 12.0. The Morgan fingerprint density at radius 2 is 0.761 bits per heavy atom. The van der Waals surface area contributed by atoms with Crippen molar-refractivity contribution >= 4 is 88.0 Å². The summed E-state index contributed by atoms with van der Waals surface area (Å²) in [7, 11) is 2.79. The molecule has 3 aliphatic heterocycles. The maximum atomic E-state index is 13.9. The maximum Gasteiger partial charge on any atom is 0.280 e. The van der Waals surface area contributed by atoms with Gasteiger partial charge in [-0.25, -0.2) is 41.3 Å². The molecular formula is C75H63Cl3F6N12O17. The number of rotatable bonds is 23. The van der Waals surface area contributed by atoms with Crippen molar-refractivity contribution in [1.29, 1.82) is 0 Å². The van der Waals surface area contributed by atoms with Gasteiger partial charge < -0.3 is 40.0 Å². The van der Waals surface area contributed by atoms with Crippen molar-refractivity contribution in [2.75, 3.05) is 40.5 Å². The van der Waals surface area contributed by atoms with E-state index in [0.717, 1.165) is 65.6 Å². The van der Waals surface area contributed by atoms with Crippen molar-refractivity contribution < 1.29 is 93.5 Å². The van der Waals surface area contributed by atoms with Crippen molar-refractivity contribution in [2.24, 2.45) is 0 Å². The number of aromatic nitrogens is 6. The van der Waals surface area contributed by atoms with Crippen LogP contribution in [0.25, 0.3) is 17.1 Å². The number of amides is 9. The number of carbonyl (C=O) groups excluding carboxylic acids is 9. The molecule has 3 aliphatic rings. The van der Waals surface area contributed by atoms with E-state index in [1.165, 1.54) is 68.8 Å². The van der Waals surface area contributed by atoms with Gasteiger partial charge in [-0.15, -0.1) is 0 Å². The lowest BCUT2D eigenvalue weighted by Crippen LogP contribution is -2.42. The second kappa shape index (κ2) is 36.2. The van der Waals surface area contributed by atoms with Crippen molar-refractivity contribution in [2.45, 2.75) is 78.0 Å². The number of benzene rings is 6. The van der Waals surface area contributed by atoms with E-state index < -0.39 is 135 Å². The summed E-state index contributed by atoms with van der Waals surface area (Å²) in [5.41, 5.74) is 0.978. The summed E-state index contributed by atoms with van der Waals surface area (Å²) in [6, 6.07) is 19.3. The molecule has 0 aliphatic carbocycles. The van der Waals surface area contributed by atoms with Gasteiger partial charge in [0.1, 0.15) is 91.8 Å². The predicted octanol–water partition coefficient (Wildman–Crippen LogP) is 6.99. The van der Waals surface area contributed by atoms with E-state index in [-0.39, 0.29) is 131 Å². The van der Waals surface area contributed by atoms with Crippen LogP contribution in [0.15, 0.2) is 143 Å². The summed E-state index contributed by atoms with van der Waals surface area (Å²) in [6.07, 6.45) is 2.87.